The molecule has 0 aromatic heterocycles. The average Bonchev–Trinajstić information content (AvgIpc) is 0.817. The number of non-ortho nitro benzene ring substituents is 2. The van der Waals surface area contributed by atoms with Crippen molar-refractivity contribution in [1.29, 1.82) is 0 Å². The third-order valence-corrected chi connectivity index (χ3v) is 20.1. The van der Waals surface area contributed by atoms with Crippen LogP contribution in [0.2, 0.25) is 0 Å². The van der Waals surface area contributed by atoms with Gasteiger partial charge in [0.1, 0.15) is 35.7 Å². The SMILES string of the molecule is CC(C)[C@H](NC(=O)CCOCCOCCOCCOCCOCCOCCOCCOCCOCCOCCOCCOCCN=[N+]=[N-])C(=O)N[C@@H](C)C(=O)Nc1ccc(Cc2cc([N+](=O)[O-])ccc2OC(=O)Oc2ccc([N+](=O)[O-])cc2Cc2ccc(NC(=O)[C@H](C)NC(=O)[C@@H](NC(=O)CCOCCOCCOCCOCCOCCOCCOCCOCCOCCOCCOCCOCCN=[N+]=[N-])C(C)C)cc2)cc1. The first-order valence-electron chi connectivity index (χ1n) is 49.4. The third-order valence-electron chi connectivity index (χ3n) is 20.1. The van der Waals surface area contributed by atoms with Crippen molar-refractivity contribution < 1.29 is 167 Å². The Bertz CT molecular complexity index is 4060. The highest BCUT2D eigenvalue weighted by Crippen LogP contribution is 2.31. The van der Waals surface area contributed by atoms with E-state index < -0.39 is 75.6 Å². The highest BCUT2D eigenvalue weighted by atomic mass is 16.7. The van der Waals surface area contributed by atoms with Gasteiger partial charge in [-0.3, -0.25) is 49.0 Å². The molecule has 0 aliphatic carbocycles. The quantitative estimate of drug-likeness (QED) is 0.00371. The van der Waals surface area contributed by atoms with Crippen molar-refractivity contribution in [1.82, 2.24) is 21.3 Å². The van der Waals surface area contributed by atoms with Gasteiger partial charge in [-0.1, -0.05) is 62.2 Å². The van der Waals surface area contributed by atoms with Gasteiger partial charge in [-0.15, -0.1) is 0 Å². The maximum atomic E-state index is 13.7. The Kier molecular flexibility index (Phi) is 77.3. The molecular weight excluding hydrogens is 1950 g/mol. The summed E-state index contributed by atoms with van der Waals surface area (Å²) in [5.41, 5.74) is 17.9. The normalized spacial score (nSPS) is 12.1. The van der Waals surface area contributed by atoms with Crippen LogP contribution in [0.25, 0.3) is 20.9 Å². The third kappa shape index (κ3) is 68.2. The van der Waals surface area contributed by atoms with Crippen LogP contribution in [0.15, 0.2) is 95.2 Å². The molecule has 0 saturated heterocycles. The highest BCUT2D eigenvalue weighted by Gasteiger charge is 2.30. The number of ether oxygens (including phenoxy) is 26. The van der Waals surface area contributed by atoms with Crippen molar-refractivity contribution >= 4 is 64.3 Å². The van der Waals surface area contributed by atoms with Crippen LogP contribution < -0.4 is 41.4 Å². The first-order chi connectivity index (χ1) is 72.1. The Morgan fingerprint density at radius 3 is 0.703 bits per heavy atom. The molecule has 4 rings (SSSR count). The summed E-state index contributed by atoms with van der Waals surface area (Å²) in [6, 6.07) is 15.8. The van der Waals surface area contributed by atoms with Crippen molar-refractivity contribution in [3.63, 3.8) is 0 Å². The summed E-state index contributed by atoms with van der Waals surface area (Å²) in [5.74, 6) is -4.19. The van der Waals surface area contributed by atoms with Gasteiger partial charge in [-0.2, -0.15) is 0 Å². The molecule has 0 aliphatic heterocycles. The molecule has 51 nitrogen and oxygen atoms in total. The Morgan fingerprint density at radius 2 is 0.500 bits per heavy atom. The molecule has 0 spiro atoms. The minimum absolute atomic E-state index is 0.0293. The summed E-state index contributed by atoms with van der Waals surface area (Å²) in [5, 5.41) is 47.0. The van der Waals surface area contributed by atoms with E-state index in [0.717, 1.165) is 12.1 Å². The summed E-state index contributed by atoms with van der Waals surface area (Å²) >= 11 is 0. The number of hydrogen-bond acceptors (Lipinski definition) is 39. The van der Waals surface area contributed by atoms with E-state index in [2.05, 4.69) is 52.0 Å². The van der Waals surface area contributed by atoms with Gasteiger partial charge in [0.15, 0.2) is 0 Å². The number of amides is 6. The van der Waals surface area contributed by atoms with Gasteiger partial charge >= 0.3 is 6.16 Å². The van der Waals surface area contributed by atoms with E-state index in [-0.39, 0.29) is 111 Å². The van der Waals surface area contributed by atoms with E-state index in [1.165, 1.54) is 38.1 Å². The molecule has 148 heavy (non-hydrogen) atoms. The van der Waals surface area contributed by atoms with Gasteiger partial charge in [0, 0.05) is 95.4 Å². The number of rotatable bonds is 98. The smallest absolute Gasteiger partial charge is 0.394 e. The molecule has 0 heterocycles. The van der Waals surface area contributed by atoms with Crippen LogP contribution in [0, 0.1) is 32.1 Å². The van der Waals surface area contributed by atoms with Crippen LogP contribution >= 0.6 is 0 Å². The Labute approximate surface area is 862 Å². The molecule has 832 valence electrons. The summed E-state index contributed by atoms with van der Waals surface area (Å²) < 4.78 is 143. The van der Waals surface area contributed by atoms with Gasteiger partial charge in [0.2, 0.25) is 35.4 Å². The predicted molar refractivity (Wildman–Crippen MR) is 534 cm³/mol. The lowest BCUT2D eigenvalue weighted by Crippen LogP contribution is -2.53. The Hall–Kier alpha value is -10.6. The topological polar surface area (TPSA) is 615 Å². The monoisotopic (exact) mass is 2110 g/mol. The molecule has 0 unspecified atom stereocenters. The molecule has 6 N–H and O–H groups in total. The van der Waals surface area contributed by atoms with E-state index >= 15 is 0 Å². The van der Waals surface area contributed by atoms with Crippen LogP contribution in [0.1, 0.15) is 76.6 Å². The molecule has 51 heteroatoms. The van der Waals surface area contributed by atoms with Gasteiger partial charge < -0.3 is 155 Å². The largest absolute Gasteiger partial charge is 0.519 e. The molecule has 0 saturated carbocycles. The van der Waals surface area contributed by atoms with Crippen molar-refractivity contribution in [2.75, 3.05) is 341 Å². The molecule has 0 radical (unpaired) electrons. The lowest BCUT2D eigenvalue weighted by molar-refractivity contribution is -0.385. The molecule has 6 amide bonds. The van der Waals surface area contributed by atoms with Crippen molar-refractivity contribution in [3.05, 3.63) is 148 Å². The zero-order valence-electron chi connectivity index (χ0n) is 85.9. The zero-order valence-corrected chi connectivity index (χ0v) is 85.9. The number of benzene rings is 4. The number of carbonyl (C=O) groups excluding carboxylic acids is 7. The van der Waals surface area contributed by atoms with Gasteiger partial charge in [0.05, 0.1) is 327 Å². The summed E-state index contributed by atoms with van der Waals surface area (Å²) in [4.78, 5) is 121. The number of nitro groups is 2. The summed E-state index contributed by atoms with van der Waals surface area (Å²) in [6.45, 7) is 29.0. The van der Waals surface area contributed by atoms with Gasteiger partial charge in [-0.05, 0) is 84.3 Å². The molecular formula is C97H152N14O37. The second-order valence-corrected chi connectivity index (χ2v) is 32.4. The van der Waals surface area contributed by atoms with Gasteiger partial charge in [0.25, 0.3) is 11.4 Å². The minimum atomic E-state index is -1.28. The van der Waals surface area contributed by atoms with Crippen LogP contribution in [-0.4, -0.2) is 406 Å². The first kappa shape index (κ1) is 130. The molecule has 0 fully saturated rings. The molecule has 4 aromatic carbocycles. The number of nitro benzene ring substituents is 2. The lowest BCUT2D eigenvalue weighted by atomic mass is 10.0. The maximum absolute atomic E-state index is 13.7. The predicted octanol–water partition coefficient (Wildman–Crippen LogP) is 7.23. The maximum Gasteiger partial charge on any atom is 0.519 e. The second-order valence-electron chi connectivity index (χ2n) is 32.4. The minimum Gasteiger partial charge on any atom is -0.394 e. The van der Waals surface area contributed by atoms with Gasteiger partial charge in [-0.25, -0.2) is 4.79 Å². The van der Waals surface area contributed by atoms with E-state index in [1.807, 2.05) is 0 Å². The Morgan fingerprint density at radius 1 is 0.291 bits per heavy atom. The lowest BCUT2D eigenvalue weighted by Gasteiger charge is -2.24. The number of azide groups is 2. The van der Waals surface area contributed by atoms with Crippen LogP contribution in [0.3, 0.4) is 0 Å². The van der Waals surface area contributed by atoms with Crippen molar-refractivity contribution in [2.24, 2.45) is 22.1 Å². The number of nitrogens with zero attached hydrogens (tertiary/aromatic N) is 8. The molecule has 4 aromatic rings. The van der Waals surface area contributed by atoms with Crippen LogP contribution in [-0.2, 0) is 155 Å². The summed E-state index contributed by atoms with van der Waals surface area (Å²) in [6.07, 6.45) is -1.43. The van der Waals surface area contributed by atoms with E-state index in [9.17, 15) is 53.8 Å². The molecule has 0 aliphatic rings. The van der Waals surface area contributed by atoms with Crippen molar-refractivity contribution in [3.8, 4) is 11.5 Å². The van der Waals surface area contributed by atoms with E-state index in [1.54, 1.807) is 76.2 Å². The van der Waals surface area contributed by atoms with E-state index in [0.29, 0.717) is 313 Å². The van der Waals surface area contributed by atoms with Crippen LogP contribution in [0.5, 0.6) is 11.5 Å². The van der Waals surface area contributed by atoms with E-state index in [4.69, 9.17) is 134 Å². The fourth-order valence-electron chi connectivity index (χ4n) is 12.4. The Balaban J connectivity index is 1.02. The summed E-state index contributed by atoms with van der Waals surface area (Å²) in [7, 11) is 0. The number of anilines is 2. The standard InChI is InChI=1S/C97H152N14O37/c1-75(2)91(106-89(112)19-23-123-27-31-127-35-39-131-43-47-135-51-55-139-59-63-143-67-69-145-65-61-141-57-53-137-49-45-133-41-37-129-33-29-125-25-21-100-108-98)95(116)102-77(5)93(114)104-83-11-7-79(8-12-83)71-81-73-85(110(119)120)15-17-87(81)147-97(118)148-88-18-16-86(111(121)122)74-82(88)72-80-9-13-84(14-10-80)105-94(115)78(6)103-96(117)92(76(3)4)107-90(113)20-24-124-28-32-128-36-40-132-44-48-136-52-56-140-60-64-144-68-70-146-66-62-142-58-54-138-50-46-134-42-38-130-34-30-126-26-22-101-109-99/h7-18,73-78,91-92H,19-72H2,1-6H3,(H,102,116)(H,103,117)(H,104,114)(H,105,115)(H,106,112)(H,107,113)/t77-,78-,91-,92-/m0/s1. The van der Waals surface area contributed by atoms with Crippen molar-refractivity contribution in [2.45, 2.75) is 91.4 Å². The fourth-order valence-corrected chi connectivity index (χ4v) is 12.4. The second kappa shape index (κ2) is 88.2. The van der Waals surface area contributed by atoms with Crippen LogP contribution in [0.4, 0.5) is 27.5 Å². The average molecular weight is 2110 g/mol. The number of nitrogens with one attached hydrogen (secondary N) is 6. The molecule has 0 bridgehead atoms. The molecule has 4 atom stereocenters. The fraction of sp³-hybridized carbons (Fsp3) is 0.680. The zero-order chi connectivity index (χ0) is 107. The number of carbonyl (C=O) groups is 7. The highest BCUT2D eigenvalue weighted by molar-refractivity contribution is 5.99. The first-order valence-corrected chi connectivity index (χ1v) is 49.4. The number of hydrogen-bond donors (Lipinski definition) is 6.